The molecule has 28 heavy (non-hydrogen) atoms. The van der Waals surface area contributed by atoms with Gasteiger partial charge in [0.15, 0.2) is 6.10 Å². The Kier molecular flexibility index (Phi) is 5.88. The second kappa shape index (κ2) is 8.54. The van der Waals surface area contributed by atoms with Crippen LogP contribution in [0.25, 0.3) is 0 Å². The van der Waals surface area contributed by atoms with Crippen LogP contribution in [0.15, 0.2) is 48.5 Å². The summed E-state index contributed by atoms with van der Waals surface area (Å²) in [5.74, 6) is 0.689. The molecule has 2 atom stereocenters. The molecule has 1 saturated carbocycles. The van der Waals surface area contributed by atoms with E-state index in [1.54, 1.807) is 12.1 Å². The summed E-state index contributed by atoms with van der Waals surface area (Å²) in [6, 6.07) is 15.8. The van der Waals surface area contributed by atoms with Gasteiger partial charge in [-0.2, -0.15) is 0 Å². The van der Waals surface area contributed by atoms with E-state index in [0.717, 1.165) is 17.8 Å². The van der Waals surface area contributed by atoms with E-state index in [4.69, 9.17) is 16.3 Å². The molecule has 1 N–H and O–H groups in total. The van der Waals surface area contributed by atoms with Crippen molar-refractivity contribution < 1.29 is 9.53 Å². The van der Waals surface area contributed by atoms with Gasteiger partial charge in [0.25, 0.3) is 5.91 Å². The zero-order chi connectivity index (χ0) is 19.5. The zero-order valence-corrected chi connectivity index (χ0v) is 17.0. The van der Waals surface area contributed by atoms with Crippen molar-refractivity contribution >= 4 is 23.2 Å². The van der Waals surface area contributed by atoms with E-state index in [2.05, 4.69) is 5.32 Å². The van der Waals surface area contributed by atoms with Crippen molar-refractivity contribution in [3.8, 4) is 5.75 Å². The first kappa shape index (κ1) is 19.3. The average molecular weight is 399 g/mol. The number of benzene rings is 2. The number of halogens is 1. The van der Waals surface area contributed by atoms with Crippen molar-refractivity contribution in [2.75, 3.05) is 11.4 Å². The molecule has 2 fully saturated rings. The lowest BCUT2D eigenvalue weighted by Gasteiger charge is -2.47. The number of ether oxygens (including phenoxy) is 1. The van der Waals surface area contributed by atoms with Gasteiger partial charge in [0.05, 0.1) is 6.04 Å². The number of carbonyl (C=O) groups is 1. The van der Waals surface area contributed by atoms with Gasteiger partial charge in [-0.15, -0.1) is 0 Å². The van der Waals surface area contributed by atoms with E-state index >= 15 is 0 Å². The average Bonchev–Trinajstić information content (AvgIpc) is 2.72. The quantitative estimate of drug-likeness (QED) is 0.715. The largest absolute Gasteiger partial charge is 0.478 e. The third-order valence-electron chi connectivity index (χ3n) is 5.83. The van der Waals surface area contributed by atoms with Crippen LogP contribution >= 0.6 is 11.6 Å². The summed E-state index contributed by atoms with van der Waals surface area (Å²) in [5, 5.41) is 4.35. The molecule has 2 aromatic carbocycles. The van der Waals surface area contributed by atoms with Crippen molar-refractivity contribution in [3.05, 3.63) is 59.1 Å². The smallest absolute Gasteiger partial charge is 0.270 e. The molecule has 1 aliphatic carbocycles. The summed E-state index contributed by atoms with van der Waals surface area (Å²) in [4.78, 5) is 14.9. The van der Waals surface area contributed by atoms with Gasteiger partial charge in [0, 0.05) is 23.3 Å². The molecule has 0 radical (unpaired) electrons. The minimum atomic E-state index is -0.475. The molecule has 0 aromatic heterocycles. The summed E-state index contributed by atoms with van der Waals surface area (Å²) in [6.07, 6.45) is 5.86. The predicted molar refractivity (Wildman–Crippen MR) is 113 cm³/mol. The number of carbonyl (C=O) groups excluding carboxylic acids is 1. The van der Waals surface area contributed by atoms with E-state index in [-0.39, 0.29) is 11.9 Å². The molecular weight excluding hydrogens is 372 g/mol. The van der Waals surface area contributed by atoms with Gasteiger partial charge in [-0.05, 0) is 55.7 Å². The minimum Gasteiger partial charge on any atom is -0.478 e. The number of rotatable bonds is 6. The fraction of sp³-hybridized carbons (Fsp3) is 0.435. The Morgan fingerprint density at radius 3 is 2.50 bits per heavy atom. The number of anilines is 1. The van der Waals surface area contributed by atoms with Gasteiger partial charge in [0.2, 0.25) is 0 Å². The number of hydrogen-bond acceptors (Lipinski definition) is 3. The van der Waals surface area contributed by atoms with Crippen LogP contribution in [0.5, 0.6) is 5.75 Å². The highest BCUT2D eigenvalue weighted by Crippen LogP contribution is 2.33. The number of para-hydroxylation sites is 1. The molecule has 0 unspecified atom stereocenters. The summed E-state index contributed by atoms with van der Waals surface area (Å²) in [7, 11) is 0. The van der Waals surface area contributed by atoms with Crippen molar-refractivity contribution in [3.63, 3.8) is 0 Å². The van der Waals surface area contributed by atoms with Crippen molar-refractivity contribution in [2.45, 2.75) is 57.2 Å². The number of hydrogen-bond donors (Lipinski definition) is 1. The van der Waals surface area contributed by atoms with Crippen molar-refractivity contribution in [1.82, 2.24) is 5.32 Å². The summed E-state index contributed by atoms with van der Waals surface area (Å²) in [5.41, 5.74) is 2.07. The molecule has 0 bridgehead atoms. The van der Waals surface area contributed by atoms with Crippen LogP contribution in [0.3, 0.4) is 0 Å². The number of nitrogens with zero attached hydrogens (tertiary/aromatic N) is 1. The normalized spacial score (nSPS) is 22.8. The molecule has 0 spiro atoms. The first-order chi connectivity index (χ1) is 13.6. The topological polar surface area (TPSA) is 41.6 Å². The van der Waals surface area contributed by atoms with Gasteiger partial charge in [-0.25, -0.2) is 0 Å². The van der Waals surface area contributed by atoms with Crippen LogP contribution in [0, 0.1) is 6.92 Å². The zero-order valence-electron chi connectivity index (χ0n) is 16.2. The van der Waals surface area contributed by atoms with E-state index in [1.165, 1.54) is 32.1 Å². The fourth-order valence-corrected chi connectivity index (χ4v) is 4.36. The van der Waals surface area contributed by atoms with E-state index in [0.29, 0.717) is 16.8 Å². The third kappa shape index (κ3) is 4.03. The molecule has 5 heteroatoms. The number of β-lactam (4-membered cyclic amide) rings is 1. The van der Waals surface area contributed by atoms with Gasteiger partial charge >= 0.3 is 0 Å². The first-order valence-corrected chi connectivity index (χ1v) is 10.6. The Hall–Kier alpha value is -2.04. The fourth-order valence-electron chi connectivity index (χ4n) is 4.23. The Bertz CT molecular complexity index is 818. The molecule has 2 aliphatic rings. The molecule has 1 amide bonds. The van der Waals surface area contributed by atoms with Gasteiger partial charge in [-0.3, -0.25) is 4.79 Å². The lowest BCUT2D eigenvalue weighted by atomic mass is 9.92. The lowest BCUT2D eigenvalue weighted by molar-refractivity contribution is -0.134. The Labute approximate surface area is 171 Å². The first-order valence-electron chi connectivity index (χ1n) is 10.2. The Balaban J connectivity index is 1.51. The van der Waals surface area contributed by atoms with Crippen molar-refractivity contribution in [1.29, 1.82) is 0 Å². The highest BCUT2D eigenvalue weighted by atomic mass is 35.5. The molecular formula is C23H27ClN2O2. The maximum absolute atomic E-state index is 13.0. The van der Waals surface area contributed by atoms with E-state index in [9.17, 15) is 4.79 Å². The SMILES string of the molecule is Cc1ccccc1N1C(=O)[C@@H](Oc2ccc(Cl)cc2)[C@H]1CNC1CCCCC1. The molecule has 1 aliphatic heterocycles. The Morgan fingerprint density at radius 2 is 1.79 bits per heavy atom. The highest BCUT2D eigenvalue weighted by Gasteiger charge is 2.50. The third-order valence-corrected chi connectivity index (χ3v) is 6.09. The summed E-state index contributed by atoms with van der Waals surface area (Å²) < 4.78 is 6.07. The number of amides is 1. The molecule has 2 aromatic rings. The second-order valence-electron chi connectivity index (χ2n) is 7.80. The van der Waals surface area contributed by atoms with Gasteiger partial charge in [0.1, 0.15) is 5.75 Å². The summed E-state index contributed by atoms with van der Waals surface area (Å²) in [6.45, 7) is 2.78. The lowest BCUT2D eigenvalue weighted by Crippen LogP contribution is -2.70. The Morgan fingerprint density at radius 1 is 1.07 bits per heavy atom. The van der Waals surface area contributed by atoms with E-state index < -0.39 is 6.10 Å². The molecule has 4 rings (SSSR count). The number of aryl methyl sites for hydroxylation is 1. The van der Waals surface area contributed by atoms with Crippen LogP contribution in [0.1, 0.15) is 37.7 Å². The maximum atomic E-state index is 13.0. The number of nitrogens with one attached hydrogen (secondary N) is 1. The predicted octanol–water partition coefficient (Wildman–Crippen LogP) is 4.73. The maximum Gasteiger partial charge on any atom is 0.270 e. The van der Waals surface area contributed by atoms with Crippen LogP contribution in [-0.4, -0.2) is 30.6 Å². The molecule has 148 valence electrons. The van der Waals surface area contributed by atoms with Crippen LogP contribution in [0.4, 0.5) is 5.69 Å². The standard InChI is InChI=1S/C23H27ClN2O2/c1-16-7-5-6-10-20(16)26-21(15-25-18-8-3-2-4-9-18)22(23(26)27)28-19-13-11-17(24)12-14-19/h5-7,10-14,18,21-22,25H,2-4,8-9,15H2,1H3/t21-,22+/m1/s1. The van der Waals surface area contributed by atoms with Crippen molar-refractivity contribution in [2.24, 2.45) is 0 Å². The van der Waals surface area contributed by atoms with Crippen LogP contribution in [0.2, 0.25) is 5.02 Å². The molecule has 1 heterocycles. The highest BCUT2D eigenvalue weighted by molar-refractivity contribution is 6.30. The minimum absolute atomic E-state index is 0.0136. The molecule has 1 saturated heterocycles. The molecule has 4 nitrogen and oxygen atoms in total. The van der Waals surface area contributed by atoms with E-state index in [1.807, 2.05) is 48.2 Å². The summed E-state index contributed by atoms with van der Waals surface area (Å²) >= 11 is 5.97. The van der Waals surface area contributed by atoms with Crippen LogP contribution < -0.4 is 15.0 Å². The van der Waals surface area contributed by atoms with Crippen LogP contribution in [-0.2, 0) is 4.79 Å². The van der Waals surface area contributed by atoms with Gasteiger partial charge in [-0.1, -0.05) is 49.1 Å². The second-order valence-corrected chi connectivity index (χ2v) is 8.23. The monoisotopic (exact) mass is 398 g/mol. The van der Waals surface area contributed by atoms with Gasteiger partial charge < -0.3 is 15.0 Å².